The first kappa shape index (κ1) is 17.3. The van der Waals surface area contributed by atoms with Gasteiger partial charge in [-0.3, -0.25) is 9.69 Å². The quantitative estimate of drug-likeness (QED) is 0.495. The third-order valence-electron chi connectivity index (χ3n) is 4.47. The highest BCUT2D eigenvalue weighted by Crippen LogP contribution is 2.34. The van der Waals surface area contributed by atoms with E-state index in [0.717, 1.165) is 19.4 Å². The lowest BCUT2D eigenvalue weighted by Crippen LogP contribution is -2.39. The average Bonchev–Trinajstić information content (AvgIpc) is 2.59. The zero-order valence-electron chi connectivity index (χ0n) is 14.0. The van der Waals surface area contributed by atoms with Crippen molar-refractivity contribution in [1.29, 1.82) is 0 Å². The zero-order valence-corrected chi connectivity index (χ0v) is 14.0. The van der Waals surface area contributed by atoms with Crippen molar-refractivity contribution < 1.29 is 24.2 Å². The van der Waals surface area contributed by atoms with Gasteiger partial charge < -0.3 is 19.4 Å². The summed E-state index contributed by atoms with van der Waals surface area (Å²) >= 11 is 0. The number of nitrogens with zero attached hydrogens (tertiary/aromatic N) is 1. The molecule has 0 aliphatic carbocycles. The fraction of sp³-hybridized carbons (Fsp3) is 0.444. The molecule has 1 aromatic carbocycles. The van der Waals surface area contributed by atoms with Crippen LogP contribution < -0.4 is 5.63 Å². The van der Waals surface area contributed by atoms with Gasteiger partial charge in [-0.2, -0.15) is 0 Å². The number of piperidine rings is 1. The normalized spacial score (nSPS) is 18.4. The molecule has 7 heteroatoms. The number of hydrogen-bond acceptors (Lipinski definition) is 7. The van der Waals surface area contributed by atoms with E-state index in [1.807, 2.05) is 0 Å². The number of carbonyl (C=O) groups is 1. The van der Waals surface area contributed by atoms with Crippen molar-refractivity contribution >= 4 is 16.9 Å². The maximum Gasteiger partial charge on any atom is 0.336 e. The first-order chi connectivity index (χ1) is 12.0. The van der Waals surface area contributed by atoms with E-state index in [4.69, 9.17) is 9.15 Å². The summed E-state index contributed by atoms with van der Waals surface area (Å²) in [4.78, 5) is 25.9. The van der Waals surface area contributed by atoms with Crippen LogP contribution in [0, 0.1) is 5.92 Å². The number of rotatable bonds is 4. The third-order valence-corrected chi connectivity index (χ3v) is 4.47. The Morgan fingerprint density at radius 1 is 1.40 bits per heavy atom. The largest absolute Gasteiger partial charge is 0.504 e. The van der Waals surface area contributed by atoms with Crippen molar-refractivity contribution in [3.8, 4) is 11.5 Å². The highest BCUT2D eigenvalue weighted by atomic mass is 16.5. The molecule has 0 bridgehead atoms. The molecule has 7 nitrogen and oxygen atoms in total. The predicted octanol–water partition coefficient (Wildman–Crippen LogP) is 1.98. The van der Waals surface area contributed by atoms with Gasteiger partial charge in [-0.1, -0.05) is 0 Å². The first-order valence-electron chi connectivity index (χ1n) is 8.36. The summed E-state index contributed by atoms with van der Waals surface area (Å²) in [5.41, 5.74) is 0.0647. The van der Waals surface area contributed by atoms with Crippen LogP contribution in [-0.2, 0) is 16.1 Å². The fourth-order valence-corrected chi connectivity index (χ4v) is 3.29. The van der Waals surface area contributed by atoms with Crippen LogP contribution in [0.5, 0.6) is 11.5 Å². The molecule has 134 valence electrons. The van der Waals surface area contributed by atoms with E-state index in [1.165, 1.54) is 12.1 Å². The molecular weight excluding hydrogens is 326 g/mol. The lowest BCUT2D eigenvalue weighted by atomic mass is 9.97. The SMILES string of the molecule is CCOC(=O)C1CCCN(Cc2cc(=O)oc3c(O)c(O)ccc23)C1. The van der Waals surface area contributed by atoms with E-state index in [9.17, 15) is 19.8 Å². The van der Waals surface area contributed by atoms with Crippen LogP contribution in [0.15, 0.2) is 27.4 Å². The molecular formula is C18H21NO6. The lowest BCUT2D eigenvalue weighted by Gasteiger charge is -2.31. The van der Waals surface area contributed by atoms with Crippen molar-refractivity contribution in [3.63, 3.8) is 0 Å². The Kier molecular flexibility index (Phi) is 4.94. The van der Waals surface area contributed by atoms with Crippen LogP contribution in [0.2, 0.25) is 0 Å². The average molecular weight is 347 g/mol. The second-order valence-corrected chi connectivity index (χ2v) is 6.23. The van der Waals surface area contributed by atoms with Gasteiger partial charge in [0.1, 0.15) is 0 Å². The molecule has 25 heavy (non-hydrogen) atoms. The number of likely N-dealkylation sites (tertiary alicyclic amines) is 1. The zero-order chi connectivity index (χ0) is 18.0. The van der Waals surface area contributed by atoms with E-state index in [1.54, 1.807) is 13.0 Å². The first-order valence-corrected chi connectivity index (χ1v) is 8.36. The van der Waals surface area contributed by atoms with Crippen molar-refractivity contribution in [1.82, 2.24) is 4.90 Å². The molecule has 0 radical (unpaired) electrons. The number of ether oxygens (including phenoxy) is 1. The summed E-state index contributed by atoms with van der Waals surface area (Å²) in [5, 5.41) is 20.1. The minimum Gasteiger partial charge on any atom is -0.504 e. The topological polar surface area (TPSA) is 100 Å². The fourth-order valence-electron chi connectivity index (χ4n) is 3.29. The number of hydrogen-bond donors (Lipinski definition) is 2. The summed E-state index contributed by atoms with van der Waals surface area (Å²) in [6, 6.07) is 4.35. The molecule has 2 heterocycles. The van der Waals surface area contributed by atoms with Crippen molar-refractivity contribution in [2.45, 2.75) is 26.3 Å². The number of phenols is 2. The Labute approximate surface area is 144 Å². The van der Waals surface area contributed by atoms with E-state index in [2.05, 4.69) is 4.90 Å². The monoisotopic (exact) mass is 347 g/mol. The summed E-state index contributed by atoms with van der Waals surface area (Å²) in [6.45, 7) is 3.97. The van der Waals surface area contributed by atoms with Gasteiger partial charge in [0.2, 0.25) is 5.75 Å². The number of fused-ring (bicyclic) bond motifs is 1. The van der Waals surface area contributed by atoms with Crippen LogP contribution in [0.25, 0.3) is 11.0 Å². The Bertz CT molecular complexity index is 843. The molecule has 1 aliphatic heterocycles. The van der Waals surface area contributed by atoms with Crippen LogP contribution >= 0.6 is 0 Å². The maximum atomic E-state index is 12.0. The van der Waals surface area contributed by atoms with Gasteiger partial charge >= 0.3 is 11.6 Å². The van der Waals surface area contributed by atoms with E-state index < -0.39 is 11.4 Å². The highest BCUT2D eigenvalue weighted by molar-refractivity contribution is 5.87. The Hall–Kier alpha value is -2.54. The Morgan fingerprint density at radius 2 is 2.20 bits per heavy atom. The molecule has 2 aromatic rings. The van der Waals surface area contributed by atoms with Gasteiger partial charge in [-0.05, 0) is 44.0 Å². The summed E-state index contributed by atoms with van der Waals surface area (Å²) in [7, 11) is 0. The van der Waals surface area contributed by atoms with E-state index in [-0.39, 0.29) is 23.2 Å². The summed E-state index contributed by atoms with van der Waals surface area (Å²) in [6.07, 6.45) is 1.66. The molecule has 1 fully saturated rings. The summed E-state index contributed by atoms with van der Waals surface area (Å²) < 4.78 is 10.1. The number of carbonyl (C=O) groups excluding carboxylic acids is 1. The van der Waals surface area contributed by atoms with Crippen LogP contribution in [0.4, 0.5) is 0 Å². The molecule has 0 saturated carbocycles. The van der Waals surface area contributed by atoms with Gasteiger partial charge in [0, 0.05) is 24.5 Å². The molecule has 1 aliphatic rings. The molecule has 0 amide bonds. The number of phenolic OH excluding ortho intramolecular Hbond substituents is 2. The molecule has 1 atom stereocenters. The van der Waals surface area contributed by atoms with Gasteiger partial charge in [0.15, 0.2) is 11.3 Å². The molecule has 1 saturated heterocycles. The summed E-state index contributed by atoms with van der Waals surface area (Å²) in [5.74, 6) is -1.14. The molecule has 1 unspecified atom stereocenters. The van der Waals surface area contributed by atoms with Crippen LogP contribution in [-0.4, -0.2) is 40.8 Å². The minimum absolute atomic E-state index is 0.0264. The Balaban J connectivity index is 1.86. The second-order valence-electron chi connectivity index (χ2n) is 6.23. The number of benzene rings is 1. The third kappa shape index (κ3) is 3.61. The van der Waals surface area contributed by atoms with Crippen molar-refractivity contribution in [3.05, 3.63) is 34.2 Å². The van der Waals surface area contributed by atoms with Gasteiger partial charge in [0.25, 0.3) is 0 Å². The van der Waals surface area contributed by atoms with Gasteiger partial charge in [0.05, 0.1) is 12.5 Å². The van der Waals surface area contributed by atoms with Crippen molar-refractivity contribution in [2.75, 3.05) is 19.7 Å². The number of esters is 1. The van der Waals surface area contributed by atoms with Gasteiger partial charge in [-0.15, -0.1) is 0 Å². The lowest BCUT2D eigenvalue weighted by molar-refractivity contribution is -0.150. The smallest absolute Gasteiger partial charge is 0.336 e. The highest BCUT2D eigenvalue weighted by Gasteiger charge is 2.27. The van der Waals surface area contributed by atoms with Crippen molar-refractivity contribution in [2.24, 2.45) is 5.92 Å². The van der Waals surface area contributed by atoms with Crippen LogP contribution in [0.1, 0.15) is 25.3 Å². The predicted molar refractivity (Wildman–Crippen MR) is 90.4 cm³/mol. The second kappa shape index (κ2) is 7.14. The Morgan fingerprint density at radius 3 is 2.96 bits per heavy atom. The number of aromatic hydroxyl groups is 2. The van der Waals surface area contributed by atoms with Gasteiger partial charge in [-0.25, -0.2) is 4.79 Å². The standard InChI is InChI=1S/C18H21NO6/c1-2-24-18(23)11-4-3-7-19(9-11)10-12-8-15(21)25-17-13(12)5-6-14(20)16(17)22/h5-6,8,11,20,22H,2-4,7,9-10H2,1H3. The maximum absolute atomic E-state index is 12.0. The molecule has 0 spiro atoms. The van der Waals surface area contributed by atoms with E-state index >= 15 is 0 Å². The minimum atomic E-state index is -0.595. The molecule has 2 N–H and O–H groups in total. The molecule has 1 aromatic heterocycles. The van der Waals surface area contributed by atoms with Crippen LogP contribution in [0.3, 0.4) is 0 Å². The van der Waals surface area contributed by atoms with E-state index in [0.29, 0.717) is 30.6 Å². The molecule has 3 rings (SSSR count).